The molecule has 0 aromatic carbocycles. The van der Waals surface area contributed by atoms with Gasteiger partial charge in [0.2, 0.25) is 0 Å². The Labute approximate surface area is 141 Å². The van der Waals surface area contributed by atoms with Gasteiger partial charge in [-0.25, -0.2) is 4.79 Å². The summed E-state index contributed by atoms with van der Waals surface area (Å²) in [6.07, 6.45) is 3.95. The first kappa shape index (κ1) is 18.0. The van der Waals surface area contributed by atoms with E-state index in [9.17, 15) is 14.9 Å². The molecule has 24 heavy (non-hydrogen) atoms. The molecule has 0 bridgehead atoms. The van der Waals surface area contributed by atoms with Crippen LogP contribution in [-0.4, -0.2) is 40.2 Å². The third-order valence-electron chi connectivity index (χ3n) is 3.89. The molecule has 132 valence electrons. The fourth-order valence-electron chi connectivity index (χ4n) is 2.80. The van der Waals surface area contributed by atoms with Gasteiger partial charge in [-0.2, -0.15) is 0 Å². The normalized spacial score (nSPS) is 21.2. The number of nitrogens with zero attached hydrogens (tertiary/aromatic N) is 3. The van der Waals surface area contributed by atoms with Gasteiger partial charge in [-0.05, 0) is 46.6 Å². The van der Waals surface area contributed by atoms with Crippen LogP contribution >= 0.6 is 0 Å². The molecule has 1 aromatic rings. The van der Waals surface area contributed by atoms with Gasteiger partial charge in [0.15, 0.2) is 0 Å². The predicted molar refractivity (Wildman–Crippen MR) is 90.1 cm³/mol. The van der Waals surface area contributed by atoms with E-state index in [-0.39, 0.29) is 17.8 Å². The Morgan fingerprint density at radius 3 is 2.79 bits per heavy atom. The van der Waals surface area contributed by atoms with Gasteiger partial charge >= 0.3 is 11.8 Å². The third-order valence-corrected chi connectivity index (χ3v) is 3.89. The average Bonchev–Trinajstić information content (AvgIpc) is 2.47. The van der Waals surface area contributed by atoms with Crippen molar-refractivity contribution in [3.63, 3.8) is 0 Å². The summed E-state index contributed by atoms with van der Waals surface area (Å²) >= 11 is 0. The molecule has 1 N–H and O–H groups in total. The topological polar surface area (TPSA) is 97.6 Å². The molecular weight excluding hydrogens is 312 g/mol. The molecule has 0 saturated carbocycles. The zero-order chi connectivity index (χ0) is 17.9. The first-order chi connectivity index (χ1) is 11.2. The number of alkyl carbamates (subject to hydrolysis) is 1. The van der Waals surface area contributed by atoms with Crippen molar-refractivity contribution in [2.45, 2.75) is 58.2 Å². The smallest absolute Gasteiger partial charge is 0.407 e. The molecule has 2 rings (SSSR count). The highest BCUT2D eigenvalue weighted by molar-refractivity contribution is 5.68. The van der Waals surface area contributed by atoms with Gasteiger partial charge in [0.25, 0.3) is 0 Å². The Kier molecular flexibility index (Phi) is 5.26. The summed E-state index contributed by atoms with van der Waals surface area (Å²) in [5, 5.41) is 14.1. The largest absolute Gasteiger partial charge is 0.444 e. The number of nitrogens with one attached hydrogen (secondary N) is 1. The summed E-state index contributed by atoms with van der Waals surface area (Å²) in [5.41, 5.74) is -0.0595. The van der Waals surface area contributed by atoms with Gasteiger partial charge in [0, 0.05) is 24.8 Å². The van der Waals surface area contributed by atoms with E-state index >= 15 is 0 Å². The first-order valence-electron chi connectivity index (χ1n) is 8.02. The highest BCUT2D eigenvalue weighted by atomic mass is 16.6. The summed E-state index contributed by atoms with van der Waals surface area (Å²) in [6.45, 7) is 7.94. The van der Waals surface area contributed by atoms with Gasteiger partial charge in [0.05, 0.1) is 4.92 Å². The van der Waals surface area contributed by atoms with Crippen molar-refractivity contribution in [3.05, 3.63) is 28.6 Å². The molecule has 2 heterocycles. The number of ether oxygens (including phenoxy) is 1. The Bertz CT molecular complexity index is 614. The number of carbonyl (C=O) groups excluding carboxylic acids is 1. The molecule has 8 heteroatoms. The maximum atomic E-state index is 12.0. The summed E-state index contributed by atoms with van der Waals surface area (Å²) in [6, 6.07) is 1.66. The van der Waals surface area contributed by atoms with Crippen LogP contribution in [-0.2, 0) is 4.74 Å². The van der Waals surface area contributed by atoms with Gasteiger partial charge in [0.1, 0.15) is 17.5 Å². The number of pyridine rings is 1. The Morgan fingerprint density at radius 2 is 2.17 bits per heavy atom. The number of hydrogen-bond donors (Lipinski definition) is 1. The minimum atomic E-state index is -0.560. The second kappa shape index (κ2) is 7.02. The molecule has 2 atom stereocenters. The van der Waals surface area contributed by atoms with E-state index in [1.807, 2.05) is 32.6 Å². The maximum Gasteiger partial charge on any atom is 0.407 e. The van der Waals surface area contributed by atoms with Crippen molar-refractivity contribution in [3.8, 4) is 0 Å². The fraction of sp³-hybridized carbons (Fsp3) is 0.625. The molecule has 1 aliphatic heterocycles. The summed E-state index contributed by atoms with van der Waals surface area (Å²) in [5.74, 6) is 0. The van der Waals surface area contributed by atoms with Crippen molar-refractivity contribution in [2.75, 3.05) is 11.4 Å². The van der Waals surface area contributed by atoms with E-state index in [1.54, 1.807) is 12.3 Å². The molecule has 1 aromatic heterocycles. The number of aromatic nitrogens is 1. The standard InChI is InChI=1S/C16H24N4O4/c1-11-5-6-12(18-15(21)24-16(2,3)4)10-19(11)13-7-8-17-9-14(13)20(22)23/h7-9,11-12H,5-6,10H2,1-4H3,(H,18,21)/t11-,12+/m1/s1. The SMILES string of the molecule is C[C@@H]1CC[C@H](NC(=O)OC(C)(C)C)CN1c1ccncc1[N+](=O)[O-]. The molecule has 8 nitrogen and oxygen atoms in total. The number of carbonyl (C=O) groups is 1. The lowest BCUT2D eigenvalue weighted by atomic mass is 9.98. The molecular formula is C16H24N4O4. The zero-order valence-electron chi connectivity index (χ0n) is 14.5. The summed E-state index contributed by atoms with van der Waals surface area (Å²) in [4.78, 5) is 28.5. The van der Waals surface area contributed by atoms with Crippen LogP contribution in [0, 0.1) is 10.1 Å². The lowest BCUT2D eigenvalue weighted by Gasteiger charge is -2.39. The van der Waals surface area contributed by atoms with Crippen molar-refractivity contribution in [1.29, 1.82) is 0 Å². The van der Waals surface area contributed by atoms with Crippen molar-refractivity contribution in [2.24, 2.45) is 0 Å². The lowest BCUT2D eigenvalue weighted by molar-refractivity contribution is -0.384. The fourth-order valence-corrected chi connectivity index (χ4v) is 2.80. The minimum Gasteiger partial charge on any atom is -0.444 e. The number of piperidine rings is 1. The summed E-state index contributed by atoms with van der Waals surface area (Å²) in [7, 11) is 0. The summed E-state index contributed by atoms with van der Waals surface area (Å²) < 4.78 is 5.28. The van der Waals surface area contributed by atoms with Gasteiger partial charge in [-0.3, -0.25) is 15.1 Å². The third kappa shape index (κ3) is 4.56. The zero-order valence-corrected chi connectivity index (χ0v) is 14.5. The van der Waals surface area contributed by atoms with Crippen LogP contribution < -0.4 is 10.2 Å². The number of anilines is 1. The van der Waals surface area contributed by atoms with Crippen LogP contribution in [0.15, 0.2) is 18.5 Å². The Morgan fingerprint density at radius 1 is 1.46 bits per heavy atom. The number of nitro groups is 1. The van der Waals surface area contributed by atoms with E-state index in [0.29, 0.717) is 12.2 Å². The van der Waals surface area contributed by atoms with Crippen LogP contribution in [0.3, 0.4) is 0 Å². The van der Waals surface area contributed by atoms with E-state index in [4.69, 9.17) is 4.74 Å². The van der Waals surface area contributed by atoms with Crippen molar-refractivity contribution >= 4 is 17.5 Å². The molecule has 1 fully saturated rings. The maximum absolute atomic E-state index is 12.0. The van der Waals surface area contributed by atoms with E-state index < -0.39 is 16.6 Å². The number of rotatable bonds is 3. The second-order valence-corrected chi connectivity index (χ2v) is 7.04. The molecule has 0 aliphatic carbocycles. The van der Waals surface area contributed by atoms with E-state index in [1.165, 1.54) is 6.20 Å². The molecule has 1 amide bonds. The van der Waals surface area contributed by atoms with Gasteiger partial charge in [-0.15, -0.1) is 0 Å². The van der Waals surface area contributed by atoms with Crippen molar-refractivity contribution in [1.82, 2.24) is 10.3 Å². The lowest BCUT2D eigenvalue weighted by Crippen LogP contribution is -2.52. The van der Waals surface area contributed by atoms with Crippen LogP contribution in [0.25, 0.3) is 0 Å². The van der Waals surface area contributed by atoms with Gasteiger partial charge < -0.3 is 15.0 Å². The molecule has 1 aliphatic rings. The monoisotopic (exact) mass is 336 g/mol. The second-order valence-electron chi connectivity index (χ2n) is 7.04. The van der Waals surface area contributed by atoms with Crippen LogP contribution in [0.2, 0.25) is 0 Å². The molecule has 1 saturated heterocycles. The first-order valence-corrected chi connectivity index (χ1v) is 8.02. The quantitative estimate of drug-likeness (QED) is 0.673. The van der Waals surface area contributed by atoms with Gasteiger partial charge in [-0.1, -0.05) is 0 Å². The molecule has 0 radical (unpaired) electrons. The number of hydrogen-bond acceptors (Lipinski definition) is 6. The van der Waals surface area contributed by atoms with Crippen LogP contribution in [0.5, 0.6) is 0 Å². The number of amides is 1. The van der Waals surface area contributed by atoms with Crippen LogP contribution in [0.1, 0.15) is 40.5 Å². The van der Waals surface area contributed by atoms with E-state index in [0.717, 1.165) is 12.8 Å². The van der Waals surface area contributed by atoms with Crippen molar-refractivity contribution < 1.29 is 14.5 Å². The van der Waals surface area contributed by atoms with E-state index in [2.05, 4.69) is 10.3 Å². The average molecular weight is 336 g/mol. The Hall–Kier alpha value is -2.38. The molecule has 0 unspecified atom stereocenters. The predicted octanol–water partition coefficient (Wildman–Crippen LogP) is 2.87. The highest BCUT2D eigenvalue weighted by Gasteiger charge is 2.31. The highest BCUT2D eigenvalue weighted by Crippen LogP contribution is 2.31. The Balaban J connectivity index is 2.12. The molecule has 0 spiro atoms. The minimum absolute atomic E-state index is 0.0257. The van der Waals surface area contributed by atoms with Crippen LogP contribution in [0.4, 0.5) is 16.2 Å².